The maximum Gasteiger partial charge on any atom is 0.315 e. The first-order valence-corrected chi connectivity index (χ1v) is 16.0. The number of urea groups is 1. The number of hydrogen-bond acceptors (Lipinski definition) is 6. The highest BCUT2D eigenvalue weighted by Gasteiger charge is 2.42. The maximum atomic E-state index is 13.1. The third-order valence-electron chi connectivity index (χ3n) is 7.72. The highest BCUT2D eigenvalue weighted by atomic mass is 32.2. The van der Waals surface area contributed by atoms with Crippen molar-refractivity contribution in [2.24, 2.45) is 5.92 Å². The van der Waals surface area contributed by atoms with Gasteiger partial charge >= 0.3 is 6.03 Å². The zero-order valence-corrected chi connectivity index (χ0v) is 25.3. The first kappa shape index (κ1) is 33.2. The maximum absolute atomic E-state index is 13.1. The molecule has 0 aromatic heterocycles. The van der Waals surface area contributed by atoms with E-state index in [0.717, 1.165) is 36.9 Å². The van der Waals surface area contributed by atoms with Crippen molar-refractivity contribution >= 4 is 41.8 Å². The highest BCUT2D eigenvalue weighted by molar-refractivity contribution is 8.00. The third-order valence-corrected chi connectivity index (χ3v) is 9.23. The van der Waals surface area contributed by atoms with Crippen LogP contribution in [-0.2, 0) is 25.6 Å². The minimum atomic E-state index is -0.809. The quantitative estimate of drug-likeness (QED) is 0.0716. The van der Waals surface area contributed by atoms with Crippen LogP contribution in [0.25, 0.3) is 0 Å². The van der Waals surface area contributed by atoms with E-state index < -0.39 is 18.0 Å². The van der Waals surface area contributed by atoms with Gasteiger partial charge in [0.25, 0.3) is 0 Å². The summed E-state index contributed by atoms with van der Waals surface area (Å²) < 4.78 is 0. The molecule has 2 aliphatic heterocycles. The predicted molar refractivity (Wildman–Crippen MR) is 165 cm³/mol. The van der Waals surface area contributed by atoms with Gasteiger partial charge in [0.1, 0.15) is 12.3 Å². The predicted octanol–water partition coefficient (Wildman–Crippen LogP) is 2.62. The van der Waals surface area contributed by atoms with Crippen molar-refractivity contribution in [1.29, 1.82) is 0 Å². The molecule has 2 saturated heterocycles. The molecule has 2 fully saturated rings. The number of benzene rings is 1. The summed E-state index contributed by atoms with van der Waals surface area (Å²) in [4.78, 5) is 61.2. The Morgan fingerprint density at radius 3 is 2.60 bits per heavy atom. The van der Waals surface area contributed by atoms with Crippen molar-refractivity contribution in [3.8, 4) is 0 Å². The number of nitrogens with one attached hydrogen (secondary N) is 5. The molecule has 6 atom stereocenters. The lowest BCUT2D eigenvalue weighted by Crippen LogP contribution is -2.52. The third kappa shape index (κ3) is 10.8. The summed E-state index contributed by atoms with van der Waals surface area (Å²) >= 11 is 1.88. The Bertz CT molecular complexity index is 1070. The standard InChI is InChI=1S/C31H45N5O5S/c1-3-11-21(2)29(39)34-24(18-22-12-5-4-6-13-22)30(40)33-23(19-37)14-9-10-17-32-27(38)16-8-7-15-26-28-25(20-42-26)35-31(41)36-28/h3-6,12-13,19,21,23-26,28H,1,7-11,14-18,20H2,2H3,(H,32,38)(H,33,40)(H,34,39)(H2,35,36,41)/t21?,23-,24-,25-,26-,28-/m0/s1. The van der Waals surface area contributed by atoms with E-state index in [2.05, 4.69) is 33.2 Å². The zero-order valence-electron chi connectivity index (χ0n) is 24.4. The number of unbranched alkanes of at least 4 members (excludes halogenated alkanes) is 2. The fraction of sp³-hybridized carbons (Fsp3) is 0.581. The molecule has 11 heteroatoms. The largest absolute Gasteiger partial charge is 0.356 e. The molecule has 0 spiro atoms. The summed E-state index contributed by atoms with van der Waals surface area (Å²) in [7, 11) is 0. The second-order valence-corrected chi connectivity index (χ2v) is 12.4. The number of hydrogen-bond donors (Lipinski definition) is 5. The topological polar surface area (TPSA) is 146 Å². The lowest BCUT2D eigenvalue weighted by atomic mass is 10.0. The van der Waals surface area contributed by atoms with Gasteiger partial charge in [0.15, 0.2) is 0 Å². The number of fused-ring (bicyclic) bond motifs is 1. The van der Waals surface area contributed by atoms with E-state index in [-0.39, 0.29) is 35.8 Å². The lowest BCUT2D eigenvalue weighted by molar-refractivity contribution is -0.131. The SMILES string of the molecule is C=CCC(C)C(=O)N[C@@H](Cc1ccccc1)C(=O)N[C@H](C=O)CCCCNC(=O)CCCC[C@@H]1SC[C@@H]2NC(=O)N[C@@H]21. The molecule has 10 nitrogen and oxygen atoms in total. The number of carbonyl (C=O) groups is 5. The summed E-state index contributed by atoms with van der Waals surface area (Å²) in [6, 6.07) is 8.25. The monoisotopic (exact) mass is 599 g/mol. The molecule has 42 heavy (non-hydrogen) atoms. The van der Waals surface area contributed by atoms with Crippen LogP contribution in [0.4, 0.5) is 4.79 Å². The average molecular weight is 600 g/mol. The van der Waals surface area contributed by atoms with Gasteiger partial charge in [-0.25, -0.2) is 4.79 Å². The van der Waals surface area contributed by atoms with Crippen molar-refractivity contribution in [3.05, 3.63) is 48.6 Å². The van der Waals surface area contributed by atoms with Crippen molar-refractivity contribution < 1.29 is 24.0 Å². The average Bonchev–Trinajstić information content (AvgIpc) is 3.53. The smallest absolute Gasteiger partial charge is 0.315 e. The van der Waals surface area contributed by atoms with Gasteiger partial charge in [-0.3, -0.25) is 14.4 Å². The van der Waals surface area contributed by atoms with E-state index in [9.17, 15) is 24.0 Å². The molecule has 2 aliphatic rings. The summed E-state index contributed by atoms with van der Waals surface area (Å²) in [6.45, 7) is 5.96. The van der Waals surface area contributed by atoms with Gasteiger partial charge in [-0.1, -0.05) is 49.8 Å². The van der Waals surface area contributed by atoms with Crippen LogP contribution in [0.3, 0.4) is 0 Å². The number of aldehydes is 1. The number of carbonyl (C=O) groups excluding carboxylic acids is 5. The van der Waals surface area contributed by atoms with Crippen molar-refractivity contribution in [2.45, 2.75) is 94.1 Å². The molecule has 5 amide bonds. The number of amides is 5. The summed E-state index contributed by atoms with van der Waals surface area (Å²) in [5.74, 6) is -0.0214. The molecule has 5 N–H and O–H groups in total. The van der Waals surface area contributed by atoms with Gasteiger partial charge in [0.05, 0.1) is 18.1 Å². The molecule has 0 radical (unpaired) electrons. The zero-order chi connectivity index (χ0) is 30.3. The van der Waals surface area contributed by atoms with Gasteiger partial charge in [0, 0.05) is 36.3 Å². The molecule has 0 aliphatic carbocycles. The fourth-order valence-electron chi connectivity index (χ4n) is 5.27. The molecule has 230 valence electrons. The number of allylic oxidation sites excluding steroid dienone is 1. The van der Waals surface area contributed by atoms with Crippen LogP contribution in [0.5, 0.6) is 0 Å². The van der Waals surface area contributed by atoms with E-state index >= 15 is 0 Å². The minimum Gasteiger partial charge on any atom is -0.356 e. The van der Waals surface area contributed by atoms with Gasteiger partial charge in [-0.15, -0.1) is 6.58 Å². The van der Waals surface area contributed by atoms with Crippen LogP contribution in [0.2, 0.25) is 0 Å². The summed E-state index contributed by atoms with van der Waals surface area (Å²) in [5.41, 5.74) is 0.901. The van der Waals surface area contributed by atoms with Crippen molar-refractivity contribution in [1.82, 2.24) is 26.6 Å². The Morgan fingerprint density at radius 2 is 1.86 bits per heavy atom. The first-order chi connectivity index (χ1) is 20.3. The molecule has 1 unspecified atom stereocenters. The Balaban J connectivity index is 1.32. The Hall–Kier alpha value is -3.34. The van der Waals surface area contributed by atoms with E-state index in [4.69, 9.17) is 0 Å². The number of thioether (sulfide) groups is 1. The first-order valence-electron chi connectivity index (χ1n) is 15.0. The molecular formula is C31H45N5O5S. The van der Waals surface area contributed by atoms with E-state index in [1.165, 1.54) is 0 Å². The molecule has 3 rings (SSSR count). The Kier molecular flexibility index (Phi) is 13.9. The van der Waals surface area contributed by atoms with Crippen LogP contribution < -0.4 is 26.6 Å². The molecule has 2 heterocycles. The molecular weight excluding hydrogens is 554 g/mol. The molecule has 0 saturated carbocycles. The van der Waals surface area contributed by atoms with Gasteiger partial charge in [0.2, 0.25) is 17.7 Å². The van der Waals surface area contributed by atoms with Crippen LogP contribution in [0, 0.1) is 5.92 Å². The van der Waals surface area contributed by atoms with Crippen molar-refractivity contribution in [2.75, 3.05) is 12.3 Å². The second-order valence-electron chi connectivity index (χ2n) is 11.1. The van der Waals surface area contributed by atoms with Gasteiger partial charge in [-0.2, -0.15) is 11.8 Å². The van der Waals surface area contributed by atoms with Gasteiger partial charge in [-0.05, 0) is 44.1 Å². The fourth-order valence-corrected chi connectivity index (χ4v) is 6.81. The normalized spacial score (nSPS) is 21.2. The Labute approximate surface area is 253 Å². The summed E-state index contributed by atoms with van der Waals surface area (Å²) in [5, 5.41) is 14.9. The van der Waals surface area contributed by atoms with Crippen LogP contribution in [0.15, 0.2) is 43.0 Å². The lowest BCUT2D eigenvalue weighted by Gasteiger charge is -2.22. The second kappa shape index (κ2) is 17.6. The summed E-state index contributed by atoms with van der Waals surface area (Å²) in [6.07, 6.45) is 8.14. The van der Waals surface area contributed by atoms with Crippen LogP contribution in [0.1, 0.15) is 63.9 Å². The highest BCUT2D eigenvalue weighted by Crippen LogP contribution is 2.33. The Morgan fingerprint density at radius 1 is 1.07 bits per heavy atom. The molecule has 1 aromatic carbocycles. The minimum absolute atomic E-state index is 0.00760. The van der Waals surface area contributed by atoms with Gasteiger partial charge < -0.3 is 31.4 Å². The number of rotatable bonds is 19. The molecule has 0 bridgehead atoms. The van der Waals surface area contributed by atoms with Crippen LogP contribution >= 0.6 is 11.8 Å². The molecule has 1 aromatic rings. The van der Waals surface area contributed by atoms with E-state index in [1.54, 1.807) is 13.0 Å². The van der Waals surface area contributed by atoms with Crippen LogP contribution in [-0.4, -0.2) is 71.8 Å². The van der Waals surface area contributed by atoms with E-state index in [0.29, 0.717) is 50.3 Å². The van der Waals surface area contributed by atoms with E-state index in [1.807, 2.05) is 42.1 Å². The van der Waals surface area contributed by atoms with Crippen molar-refractivity contribution in [3.63, 3.8) is 0 Å².